The van der Waals surface area contributed by atoms with Crippen LogP contribution in [0.4, 0.5) is 0 Å². The minimum absolute atomic E-state index is 0.299. The minimum atomic E-state index is -0.913. The van der Waals surface area contributed by atoms with E-state index in [2.05, 4.69) is 0 Å². The average Bonchev–Trinajstić information content (AvgIpc) is 2.93. The number of carboxylic acid groups (broad SMARTS) is 1. The zero-order valence-electron chi connectivity index (χ0n) is 11.1. The lowest BCUT2D eigenvalue weighted by molar-refractivity contribution is 0.0696. The number of benzene rings is 2. The summed E-state index contributed by atoms with van der Waals surface area (Å²) in [6.07, 6.45) is 0.891. The third-order valence-corrected chi connectivity index (χ3v) is 4.56. The summed E-state index contributed by atoms with van der Waals surface area (Å²) in [7, 11) is 0. The van der Waals surface area contributed by atoms with E-state index in [1.54, 1.807) is 30.0 Å². The van der Waals surface area contributed by atoms with Crippen LogP contribution >= 0.6 is 23.4 Å². The minimum Gasteiger partial charge on any atom is -0.493 e. The Kier molecular flexibility index (Phi) is 4.08. The SMILES string of the molecule is O=C(O)c1cccc(SCc2cc(Cl)cc3c2OCC3)c1. The predicted octanol–water partition coefficient (Wildman–Crippen LogP) is 4.27. The topological polar surface area (TPSA) is 46.5 Å². The smallest absolute Gasteiger partial charge is 0.335 e. The molecule has 0 saturated carbocycles. The monoisotopic (exact) mass is 320 g/mol. The van der Waals surface area contributed by atoms with Crippen molar-refractivity contribution in [2.24, 2.45) is 0 Å². The Bertz CT molecular complexity index is 700. The van der Waals surface area contributed by atoms with Crippen molar-refractivity contribution in [3.63, 3.8) is 0 Å². The quantitative estimate of drug-likeness (QED) is 0.855. The first-order chi connectivity index (χ1) is 10.1. The van der Waals surface area contributed by atoms with Gasteiger partial charge in [-0.15, -0.1) is 11.8 Å². The van der Waals surface area contributed by atoms with Gasteiger partial charge in [0.1, 0.15) is 5.75 Å². The molecular formula is C16H13ClO3S. The van der Waals surface area contributed by atoms with Gasteiger partial charge in [-0.3, -0.25) is 0 Å². The Morgan fingerprint density at radius 1 is 1.33 bits per heavy atom. The van der Waals surface area contributed by atoms with E-state index >= 15 is 0 Å². The normalized spacial score (nSPS) is 12.8. The lowest BCUT2D eigenvalue weighted by Gasteiger charge is -2.09. The highest BCUT2D eigenvalue weighted by Crippen LogP contribution is 2.36. The molecule has 0 fully saturated rings. The number of fused-ring (bicyclic) bond motifs is 1. The summed E-state index contributed by atoms with van der Waals surface area (Å²) >= 11 is 7.71. The lowest BCUT2D eigenvalue weighted by Crippen LogP contribution is -1.95. The van der Waals surface area contributed by atoms with E-state index in [1.165, 1.54) is 0 Å². The van der Waals surface area contributed by atoms with Crippen molar-refractivity contribution in [3.05, 3.63) is 58.1 Å². The van der Waals surface area contributed by atoms with E-state index in [4.69, 9.17) is 21.4 Å². The van der Waals surface area contributed by atoms with Crippen LogP contribution in [0.2, 0.25) is 5.02 Å². The molecule has 0 amide bonds. The summed E-state index contributed by atoms with van der Waals surface area (Å²) in [6, 6.07) is 10.8. The van der Waals surface area contributed by atoms with Gasteiger partial charge in [0.2, 0.25) is 0 Å². The number of aromatic carboxylic acids is 1. The second-order valence-electron chi connectivity index (χ2n) is 4.77. The molecule has 21 heavy (non-hydrogen) atoms. The number of ether oxygens (including phenoxy) is 1. The summed E-state index contributed by atoms with van der Waals surface area (Å²) in [5.41, 5.74) is 2.51. The average molecular weight is 321 g/mol. The summed E-state index contributed by atoms with van der Waals surface area (Å²) in [5.74, 6) is 0.720. The van der Waals surface area contributed by atoms with E-state index in [1.807, 2.05) is 18.2 Å². The maximum absolute atomic E-state index is 11.0. The van der Waals surface area contributed by atoms with Crippen molar-refractivity contribution in [1.82, 2.24) is 0 Å². The Labute approximate surface area is 131 Å². The summed E-state index contributed by atoms with van der Waals surface area (Å²) < 4.78 is 5.67. The first-order valence-corrected chi connectivity index (χ1v) is 7.90. The van der Waals surface area contributed by atoms with Crippen molar-refractivity contribution in [2.75, 3.05) is 6.61 Å². The molecule has 2 aromatic carbocycles. The number of halogens is 1. The standard InChI is InChI=1S/C16H13ClO3S/c17-13-6-10-4-5-20-15(10)12(7-13)9-21-14-3-1-2-11(8-14)16(18)19/h1-3,6-8H,4-5,9H2,(H,18,19). The van der Waals surface area contributed by atoms with Crippen molar-refractivity contribution >= 4 is 29.3 Å². The molecule has 1 aliphatic rings. The van der Waals surface area contributed by atoms with E-state index in [-0.39, 0.29) is 0 Å². The number of carboxylic acids is 1. The fourth-order valence-corrected chi connectivity index (χ4v) is 3.52. The highest BCUT2D eigenvalue weighted by Gasteiger charge is 2.17. The first kappa shape index (κ1) is 14.3. The fraction of sp³-hybridized carbons (Fsp3) is 0.188. The van der Waals surface area contributed by atoms with E-state index in [0.717, 1.165) is 28.2 Å². The van der Waals surface area contributed by atoms with Gasteiger partial charge in [-0.05, 0) is 35.9 Å². The molecular weight excluding hydrogens is 308 g/mol. The van der Waals surface area contributed by atoms with Gasteiger partial charge < -0.3 is 9.84 Å². The molecule has 0 aromatic heterocycles. The van der Waals surface area contributed by atoms with Crippen LogP contribution in [0.1, 0.15) is 21.5 Å². The number of hydrogen-bond acceptors (Lipinski definition) is 3. The first-order valence-electron chi connectivity index (χ1n) is 6.54. The molecule has 1 N–H and O–H groups in total. The second kappa shape index (κ2) is 6.00. The zero-order valence-corrected chi connectivity index (χ0v) is 12.7. The van der Waals surface area contributed by atoms with Gasteiger partial charge in [-0.1, -0.05) is 17.7 Å². The number of hydrogen-bond donors (Lipinski definition) is 1. The molecule has 0 aliphatic carbocycles. The largest absolute Gasteiger partial charge is 0.493 e. The van der Waals surface area contributed by atoms with Gasteiger partial charge in [-0.2, -0.15) is 0 Å². The molecule has 3 rings (SSSR count). The van der Waals surface area contributed by atoms with Crippen LogP contribution in [-0.4, -0.2) is 17.7 Å². The highest BCUT2D eigenvalue weighted by molar-refractivity contribution is 7.98. The van der Waals surface area contributed by atoms with Crippen molar-refractivity contribution < 1.29 is 14.6 Å². The summed E-state index contributed by atoms with van der Waals surface area (Å²) in [4.78, 5) is 11.9. The molecule has 3 nitrogen and oxygen atoms in total. The fourth-order valence-electron chi connectivity index (χ4n) is 2.33. The molecule has 0 spiro atoms. The van der Waals surface area contributed by atoms with Gasteiger partial charge in [0.15, 0.2) is 0 Å². The van der Waals surface area contributed by atoms with Crippen LogP contribution in [0.25, 0.3) is 0 Å². The second-order valence-corrected chi connectivity index (χ2v) is 6.26. The van der Waals surface area contributed by atoms with Crippen LogP contribution < -0.4 is 4.74 Å². The molecule has 1 heterocycles. The highest BCUT2D eigenvalue weighted by atomic mass is 35.5. The number of thioether (sulfide) groups is 1. The van der Waals surface area contributed by atoms with Gasteiger partial charge in [0, 0.05) is 27.7 Å². The van der Waals surface area contributed by atoms with Gasteiger partial charge >= 0.3 is 5.97 Å². The Balaban J connectivity index is 1.79. The van der Waals surface area contributed by atoms with Crippen LogP contribution in [0.5, 0.6) is 5.75 Å². The predicted molar refractivity (Wildman–Crippen MR) is 83.6 cm³/mol. The van der Waals surface area contributed by atoms with Gasteiger partial charge in [0.25, 0.3) is 0 Å². The van der Waals surface area contributed by atoms with Crippen molar-refractivity contribution in [1.29, 1.82) is 0 Å². The summed E-state index contributed by atoms with van der Waals surface area (Å²) in [6.45, 7) is 0.696. The molecule has 0 saturated heterocycles. The van der Waals surface area contributed by atoms with Crippen LogP contribution in [0, 0.1) is 0 Å². The van der Waals surface area contributed by atoms with Crippen molar-refractivity contribution in [3.8, 4) is 5.75 Å². The molecule has 2 aromatic rings. The van der Waals surface area contributed by atoms with Crippen LogP contribution in [-0.2, 0) is 12.2 Å². The van der Waals surface area contributed by atoms with E-state index < -0.39 is 5.97 Å². The van der Waals surface area contributed by atoms with E-state index in [0.29, 0.717) is 22.9 Å². The maximum atomic E-state index is 11.0. The molecule has 0 bridgehead atoms. The van der Waals surface area contributed by atoms with Gasteiger partial charge in [0.05, 0.1) is 12.2 Å². The number of rotatable bonds is 4. The summed E-state index contributed by atoms with van der Waals surface area (Å²) in [5, 5.41) is 9.73. The van der Waals surface area contributed by atoms with Gasteiger partial charge in [-0.25, -0.2) is 4.79 Å². The Morgan fingerprint density at radius 2 is 2.19 bits per heavy atom. The molecule has 0 radical (unpaired) electrons. The third kappa shape index (κ3) is 3.17. The number of carbonyl (C=O) groups is 1. The van der Waals surface area contributed by atoms with Crippen molar-refractivity contribution in [2.45, 2.75) is 17.1 Å². The third-order valence-electron chi connectivity index (χ3n) is 3.30. The lowest BCUT2D eigenvalue weighted by atomic mass is 10.1. The van der Waals surface area contributed by atoms with Crippen LogP contribution in [0.15, 0.2) is 41.3 Å². The zero-order chi connectivity index (χ0) is 14.8. The van der Waals surface area contributed by atoms with E-state index in [9.17, 15) is 4.79 Å². The molecule has 108 valence electrons. The molecule has 0 unspecified atom stereocenters. The molecule has 0 atom stereocenters. The Morgan fingerprint density at radius 3 is 3.00 bits per heavy atom. The maximum Gasteiger partial charge on any atom is 0.335 e. The van der Waals surface area contributed by atoms with Crippen LogP contribution in [0.3, 0.4) is 0 Å². The Hall–Kier alpha value is -1.65. The molecule has 5 heteroatoms. The molecule has 1 aliphatic heterocycles.